The second-order valence-corrected chi connectivity index (χ2v) is 8.08. The predicted molar refractivity (Wildman–Crippen MR) is 114 cm³/mol. The molecule has 4 N–H and O–H groups in total. The van der Waals surface area contributed by atoms with Crippen molar-refractivity contribution >= 4 is 24.2 Å². The van der Waals surface area contributed by atoms with Gasteiger partial charge in [-0.25, -0.2) is 0 Å². The Balaban J connectivity index is 0.00000420. The van der Waals surface area contributed by atoms with Crippen molar-refractivity contribution in [1.29, 1.82) is 0 Å². The van der Waals surface area contributed by atoms with Crippen molar-refractivity contribution in [3.05, 3.63) is 65.2 Å². The van der Waals surface area contributed by atoms with E-state index in [9.17, 15) is 23.4 Å². The molecule has 0 aliphatic carbocycles. The zero-order valence-electron chi connectivity index (χ0n) is 16.0. The van der Waals surface area contributed by atoms with Gasteiger partial charge in [0.1, 0.15) is 0 Å². The van der Waals surface area contributed by atoms with Crippen LogP contribution in [-0.4, -0.2) is 34.7 Å². The van der Waals surface area contributed by atoms with Crippen molar-refractivity contribution in [3.8, 4) is 0 Å². The third kappa shape index (κ3) is 8.18. The van der Waals surface area contributed by atoms with E-state index in [1.165, 1.54) is 23.4 Å². The molecule has 3 nitrogen and oxygen atoms in total. The van der Waals surface area contributed by atoms with E-state index in [-0.39, 0.29) is 30.1 Å². The standard InChI is InChI=1S/C21H26F3NO2S.ClH/c22-21(23,24)18-13-17(10-11-20(25,14-26)15-27)8-9-19(18)28-12-4-7-16-5-2-1-3-6-16;/h1-3,5-6,8-9,13,26-27H,4,7,10-12,14-15,25H2;1H. The molecule has 2 rings (SSSR count). The molecule has 0 saturated carbocycles. The lowest BCUT2D eigenvalue weighted by atomic mass is 9.93. The fourth-order valence-electron chi connectivity index (χ4n) is 2.78. The summed E-state index contributed by atoms with van der Waals surface area (Å²) >= 11 is 1.21. The number of thioether (sulfide) groups is 1. The summed E-state index contributed by atoms with van der Waals surface area (Å²) in [5.74, 6) is 0.595. The molecule has 162 valence electrons. The largest absolute Gasteiger partial charge is 0.417 e. The van der Waals surface area contributed by atoms with Gasteiger partial charge in [0.2, 0.25) is 0 Å². The van der Waals surface area contributed by atoms with E-state index in [1.54, 1.807) is 6.07 Å². The molecule has 0 saturated heterocycles. The van der Waals surface area contributed by atoms with E-state index in [1.807, 2.05) is 30.3 Å². The zero-order chi connectivity index (χ0) is 20.6. The van der Waals surface area contributed by atoms with Gasteiger partial charge in [0.15, 0.2) is 0 Å². The van der Waals surface area contributed by atoms with Crippen LogP contribution in [0.15, 0.2) is 53.4 Å². The first-order chi connectivity index (χ1) is 13.3. The summed E-state index contributed by atoms with van der Waals surface area (Å²) in [6.07, 6.45) is -2.38. The van der Waals surface area contributed by atoms with Crippen molar-refractivity contribution < 1.29 is 23.4 Å². The van der Waals surface area contributed by atoms with Gasteiger partial charge < -0.3 is 15.9 Å². The summed E-state index contributed by atoms with van der Waals surface area (Å²) < 4.78 is 40.5. The van der Waals surface area contributed by atoms with E-state index in [4.69, 9.17) is 5.73 Å². The van der Waals surface area contributed by atoms with Crippen LogP contribution >= 0.6 is 24.2 Å². The van der Waals surface area contributed by atoms with Gasteiger partial charge in [0, 0.05) is 4.90 Å². The minimum atomic E-state index is -4.44. The monoisotopic (exact) mass is 449 g/mol. The fourth-order valence-corrected chi connectivity index (χ4v) is 3.79. The first-order valence-corrected chi connectivity index (χ1v) is 10.1. The van der Waals surface area contributed by atoms with Gasteiger partial charge in [0.25, 0.3) is 0 Å². The zero-order valence-corrected chi connectivity index (χ0v) is 17.6. The molecule has 0 atom stereocenters. The molecular weight excluding hydrogens is 423 g/mol. The van der Waals surface area contributed by atoms with Crippen LogP contribution in [0.2, 0.25) is 0 Å². The summed E-state index contributed by atoms with van der Waals surface area (Å²) in [6, 6.07) is 14.2. The first-order valence-electron chi connectivity index (χ1n) is 9.15. The Morgan fingerprint density at radius 1 is 0.897 bits per heavy atom. The summed E-state index contributed by atoms with van der Waals surface area (Å²) in [5, 5.41) is 18.5. The Hall–Kier alpha value is -1.25. The number of nitrogens with two attached hydrogens (primary N) is 1. The van der Waals surface area contributed by atoms with Gasteiger partial charge in [-0.1, -0.05) is 36.4 Å². The van der Waals surface area contributed by atoms with Crippen molar-refractivity contribution in [2.24, 2.45) is 5.73 Å². The third-order valence-corrected chi connectivity index (χ3v) is 5.76. The van der Waals surface area contributed by atoms with Crippen LogP contribution in [0.5, 0.6) is 0 Å². The maximum atomic E-state index is 13.5. The molecule has 0 heterocycles. The van der Waals surface area contributed by atoms with Crippen molar-refractivity contribution in [2.75, 3.05) is 19.0 Å². The lowest BCUT2D eigenvalue weighted by molar-refractivity contribution is -0.139. The molecule has 0 spiro atoms. The van der Waals surface area contributed by atoms with Crippen molar-refractivity contribution in [3.63, 3.8) is 0 Å². The number of hydrogen-bond acceptors (Lipinski definition) is 4. The number of alkyl halides is 3. The first kappa shape index (κ1) is 25.8. The number of hydrogen-bond donors (Lipinski definition) is 3. The number of halogens is 4. The third-order valence-electron chi connectivity index (χ3n) is 4.60. The van der Waals surface area contributed by atoms with Crippen LogP contribution in [0.4, 0.5) is 13.2 Å². The van der Waals surface area contributed by atoms with Gasteiger partial charge in [-0.2, -0.15) is 13.2 Å². The molecule has 0 fully saturated rings. The highest BCUT2D eigenvalue weighted by Crippen LogP contribution is 2.38. The highest BCUT2D eigenvalue weighted by atomic mass is 35.5. The summed E-state index contributed by atoms with van der Waals surface area (Å²) in [7, 11) is 0. The van der Waals surface area contributed by atoms with Crippen LogP contribution in [0.25, 0.3) is 0 Å². The molecule has 0 aliphatic rings. The van der Waals surface area contributed by atoms with Gasteiger partial charge in [-0.05, 0) is 54.7 Å². The van der Waals surface area contributed by atoms with Gasteiger partial charge in [-0.3, -0.25) is 0 Å². The quantitative estimate of drug-likeness (QED) is 0.370. The Morgan fingerprint density at radius 3 is 2.14 bits per heavy atom. The van der Waals surface area contributed by atoms with E-state index in [0.29, 0.717) is 11.3 Å². The Labute approximate surface area is 179 Å². The van der Waals surface area contributed by atoms with Crippen molar-refractivity contribution in [2.45, 2.75) is 42.3 Å². The molecule has 0 aliphatic heterocycles. The molecule has 8 heteroatoms. The molecule has 2 aromatic carbocycles. The molecule has 29 heavy (non-hydrogen) atoms. The summed E-state index contributed by atoms with van der Waals surface area (Å²) in [5.41, 5.74) is 5.62. The van der Waals surface area contributed by atoms with Gasteiger partial charge >= 0.3 is 6.18 Å². The van der Waals surface area contributed by atoms with E-state index >= 15 is 0 Å². The molecule has 0 bridgehead atoms. The highest BCUT2D eigenvalue weighted by Gasteiger charge is 2.34. The second kappa shape index (κ2) is 11.8. The van der Waals surface area contributed by atoms with E-state index < -0.39 is 30.5 Å². The lowest BCUT2D eigenvalue weighted by Crippen LogP contribution is -2.47. The van der Waals surface area contributed by atoms with Crippen LogP contribution in [0.1, 0.15) is 29.5 Å². The molecular formula is C21H27ClF3NO2S. The maximum absolute atomic E-state index is 13.5. The fraction of sp³-hybridized carbons (Fsp3) is 0.429. The van der Waals surface area contributed by atoms with E-state index in [2.05, 4.69) is 0 Å². The molecule has 0 amide bonds. The second-order valence-electron chi connectivity index (χ2n) is 6.94. The number of benzene rings is 2. The maximum Gasteiger partial charge on any atom is 0.417 e. The molecule has 2 aromatic rings. The highest BCUT2D eigenvalue weighted by molar-refractivity contribution is 7.99. The van der Waals surface area contributed by atoms with Gasteiger partial charge in [-0.15, -0.1) is 24.2 Å². The Kier molecular flexibility index (Phi) is 10.5. The number of aliphatic hydroxyl groups excluding tert-OH is 2. The Morgan fingerprint density at radius 2 is 1.55 bits per heavy atom. The summed E-state index contributed by atoms with van der Waals surface area (Å²) in [6.45, 7) is -0.851. The Bertz CT molecular complexity index is 740. The van der Waals surface area contributed by atoms with Gasteiger partial charge in [0.05, 0.1) is 24.3 Å². The average Bonchev–Trinajstić information content (AvgIpc) is 2.70. The average molecular weight is 450 g/mol. The number of rotatable bonds is 10. The molecule has 0 unspecified atom stereocenters. The van der Waals surface area contributed by atoms with Crippen LogP contribution in [0, 0.1) is 0 Å². The predicted octanol–water partition coefficient (Wildman–Crippen LogP) is 4.47. The minimum Gasteiger partial charge on any atom is -0.394 e. The summed E-state index contributed by atoms with van der Waals surface area (Å²) in [4.78, 5) is 0.215. The van der Waals surface area contributed by atoms with E-state index in [0.717, 1.165) is 18.9 Å². The molecule has 0 radical (unpaired) electrons. The molecule has 0 aromatic heterocycles. The lowest BCUT2D eigenvalue weighted by Gasteiger charge is -2.24. The minimum absolute atomic E-state index is 0. The number of aryl methyl sites for hydroxylation is 2. The number of aliphatic hydroxyl groups is 2. The van der Waals surface area contributed by atoms with Crippen LogP contribution in [-0.2, 0) is 19.0 Å². The normalized spacial score (nSPS) is 11.9. The van der Waals surface area contributed by atoms with Crippen LogP contribution < -0.4 is 5.73 Å². The van der Waals surface area contributed by atoms with Crippen LogP contribution in [0.3, 0.4) is 0 Å². The SMILES string of the molecule is Cl.NC(CO)(CO)CCc1ccc(SCCCc2ccccc2)c(C(F)(F)F)c1. The topological polar surface area (TPSA) is 66.5 Å². The smallest absolute Gasteiger partial charge is 0.394 e. The van der Waals surface area contributed by atoms with Crippen molar-refractivity contribution in [1.82, 2.24) is 0 Å².